The van der Waals surface area contributed by atoms with Crippen LogP contribution < -0.4 is 0 Å². The van der Waals surface area contributed by atoms with Gasteiger partial charge in [0.25, 0.3) is 0 Å². The van der Waals surface area contributed by atoms with E-state index >= 15 is 0 Å². The maximum absolute atomic E-state index is 13.7. The molecular weight excluding hydrogens is 331 g/mol. The first-order chi connectivity index (χ1) is 8.97. The summed E-state index contributed by atoms with van der Waals surface area (Å²) in [4.78, 5) is 12.2. The second-order valence-corrected chi connectivity index (χ2v) is 5.65. The quantitative estimate of drug-likeness (QED) is 0.720. The molecule has 0 fully saturated rings. The zero-order valence-corrected chi connectivity index (χ0v) is 12.6. The van der Waals surface area contributed by atoms with Crippen molar-refractivity contribution in [2.75, 3.05) is 0 Å². The van der Waals surface area contributed by atoms with Crippen molar-refractivity contribution in [1.82, 2.24) is 0 Å². The first-order valence-electron chi connectivity index (χ1n) is 5.70. The molecule has 0 saturated heterocycles. The number of ketones is 1. The third kappa shape index (κ3) is 3.43. The van der Waals surface area contributed by atoms with Gasteiger partial charge in [-0.1, -0.05) is 33.6 Å². The van der Waals surface area contributed by atoms with E-state index in [4.69, 9.17) is 11.6 Å². The van der Waals surface area contributed by atoms with E-state index in [0.717, 1.165) is 5.56 Å². The Morgan fingerprint density at radius 3 is 2.63 bits per heavy atom. The Balaban J connectivity index is 2.25. The standard InChI is InChI=1S/C15H11BrClFO/c1-9-6-12(17)4-5-13(9)15(19)7-10-2-3-11(16)8-14(10)18/h2-6,8H,7H2,1H3. The van der Waals surface area contributed by atoms with Crippen LogP contribution in [0.3, 0.4) is 0 Å². The third-order valence-electron chi connectivity index (χ3n) is 2.85. The predicted molar refractivity (Wildman–Crippen MR) is 78.3 cm³/mol. The fourth-order valence-electron chi connectivity index (χ4n) is 1.87. The van der Waals surface area contributed by atoms with Crippen LogP contribution in [0, 0.1) is 12.7 Å². The highest BCUT2D eigenvalue weighted by Gasteiger charge is 2.13. The van der Waals surface area contributed by atoms with Crippen molar-refractivity contribution in [2.24, 2.45) is 0 Å². The van der Waals surface area contributed by atoms with Gasteiger partial charge in [-0.3, -0.25) is 4.79 Å². The summed E-state index contributed by atoms with van der Waals surface area (Å²) in [6.45, 7) is 1.82. The van der Waals surface area contributed by atoms with Crippen LogP contribution >= 0.6 is 27.5 Å². The predicted octanol–water partition coefficient (Wildman–Crippen LogP) is 4.98. The average molecular weight is 342 g/mol. The summed E-state index contributed by atoms with van der Waals surface area (Å²) in [6, 6.07) is 9.77. The van der Waals surface area contributed by atoms with E-state index in [0.29, 0.717) is 20.6 Å². The van der Waals surface area contributed by atoms with Crippen LogP contribution in [0.4, 0.5) is 4.39 Å². The molecule has 2 aromatic rings. The number of benzene rings is 2. The van der Waals surface area contributed by atoms with Gasteiger partial charge in [-0.2, -0.15) is 0 Å². The Morgan fingerprint density at radius 2 is 2.00 bits per heavy atom. The Labute approximate surface area is 124 Å². The van der Waals surface area contributed by atoms with E-state index < -0.39 is 0 Å². The highest BCUT2D eigenvalue weighted by molar-refractivity contribution is 9.10. The molecule has 0 spiro atoms. The van der Waals surface area contributed by atoms with Crippen molar-refractivity contribution in [1.29, 1.82) is 0 Å². The maximum Gasteiger partial charge on any atom is 0.167 e. The summed E-state index contributed by atoms with van der Waals surface area (Å²) in [6.07, 6.45) is 0.0432. The highest BCUT2D eigenvalue weighted by atomic mass is 79.9. The molecule has 0 aromatic heterocycles. The molecule has 1 nitrogen and oxygen atoms in total. The SMILES string of the molecule is Cc1cc(Cl)ccc1C(=O)Cc1ccc(Br)cc1F. The Kier molecular flexibility index (Phi) is 4.38. The number of halogens is 3. The average Bonchev–Trinajstić information content (AvgIpc) is 2.32. The summed E-state index contributed by atoms with van der Waals surface area (Å²) >= 11 is 9.04. The van der Waals surface area contributed by atoms with E-state index in [1.54, 1.807) is 30.3 Å². The zero-order valence-electron chi connectivity index (χ0n) is 10.2. The lowest BCUT2D eigenvalue weighted by Gasteiger charge is -2.06. The van der Waals surface area contributed by atoms with Crippen LogP contribution in [0.1, 0.15) is 21.5 Å². The van der Waals surface area contributed by atoms with Gasteiger partial charge in [-0.25, -0.2) is 4.39 Å². The van der Waals surface area contributed by atoms with Gasteiger partial charge < -0.3 is 0 Å². The number of Topliss-reactive ketones (excluding diaryl/α,β-unsaturated/α-hetero) is 1. The lowest BCUT2D eigenvalue weighted by Crippen LogP contribution is -2.07. The first kappa shape index (κ1) is 14.2. The maximum atomic E-state index is 13.7. The van der Waals surface area contributed by atoms with Gasteiger partial charge in [0.2, 0.25) is 0 Å². The van der Waals surface area contributed by atoms with Gasteiger partial charge in [0.15, 0.2) is 5.78 Å². The lowest BCUT2D eigenvalue weighted by atomic mass is 9.99. The smallest absolute Gasteiger partial charge is 0.167 e. The van der Waals surface area contributed by atoms with Crippen LogP contribution in [0.2, 0.25) is 5.02 Å². The van der Waals surface area contributed by atoms with Crippen molar-refractivity contribution < 1.29 is 9.18 Å². The topological polar surface area (TPSA) is 17.1 Å². The van der Waals surface area contributed by atoms with Gasteiger partial charge in [0.1, 0.15) is 5.82 Å². The molecule has 4 heteroatoms. The van der Waals surface area contributed by atoms with Gasteiger partial charge in [-0.05, 0) is 48.4 Å². The minimum atomic E-state index is -0.380. The van der Waals surface area contributed by atoms with E-state index in [9.17, 15) is 9.18 Å². The van der Waals surface area contributed by atoms with Crippen LogP contribution in [0.15, 0.2) is 40.9 Å². The third-order valence-corrected chi connectivity index (χ3v) is 3.58. The molecule has 0 N–H and O–H groups in total. The van der Waals surface area contributed by atoms with Gasteiger partial charge in [0, 0.05) is 21.5 Å². The fraction of sp³-hybridized carbons (Fsp3) is 0.133. The van der Waals surface area contributed by atoms with Crippen molar-refractivity contribution in [3.05, 3.63) is 68.4 Å². The van der Waals surface area contributed by atoms with Crippen LogP contribution in [0.25, 0.3) is 0 Å². The summed E-state index contributed by atoms with van der Waals surface area (Å²) in [7, 11) is 0. The summed E-state index contributed by atoms with van der Waals surface area (Å²) < 4.78 is 14.3. The lowest BCUT2D eigenvalue weighted by molar-refractivity contribution is 0.0991. The highest BCUT2D eigenvalue weighted by Crippen LogP contribution is 2.20. The number of carbonyl (C=O) groups excluding carboxylic acids is 1. The van der Waals surface area contributed by atoms with Gasteiger partial charge in [0.05, 0.1) is 0 Å². The molecule has 0 aliphatic carbocycles. The number of hydrogen-bond acceptors (Lipinski definition) is 1. The van der Waals surface area contributed by atoms with Crippen LogP contribution in [-0.2, 0) is 6.42 Å². The second-order valence-electron chi connectivity index (χ2n) is 4.29. The monoisotopic (exact) mass is 340 g/mol. The number of rotatable bonds is 3. The van der Waals surface area contributed by atoms with Gasteiger partial charge in [-0.15, -0.1) is 0 Å². The van der Waals surface area contributed by atoms with Gasteiger partial charge >= 0.3 is 0 Å². The first-order valence-corrected chi connectivity index (χ1v) is 6.88. The number of carbonyl (C=O) groups is 1. The normalized spacial score (nSPS) is 10.5. The largest absolute Gasteiger partial charge is 0.294 e. The zero-order chi connectivity index (χ0) is 14.0. The number of aryl methyl sites for hydroxylation is 1. The van der Waals surface area contributed by atoms with E-state index in [-0.39, 0.29) is 18.0 Å². The molecule has 0 saturated carbocycles. The molecule has 0 radical (unpaired) electrons. The molecule has 19 heavy (non-hydrogen) atoms. The van der Waals surface area contributed by atoms with E-state index in [2.05, 4.69) is 15.9 Å². The molecule has 0 unspecified atom stereocenters. The molecule has 2 rings (SSSR count). The number of hydrogen-bond donors (Lipinski definition) is 0. The fourth-order valence-corrected chi connectivity index (χ4v) is 2.43. The van der Waals surface area contributed by atoms with Crippen molar-refractivity contribution in [3.8, 4) is 0 Å². The van der Waals surface area contributed by atoms with Crippen molar-refractivity contribution in [3.63, 3.8) is 0 Å². The molecule has 0 heterocycles. The molecular formula is C15H11BrClFO. The van der Waals surface area contributed by atoms with Crippen LogP contribution in [0.5, 0.6) is 0 Å². The van der Waals surface area contributed by atoms with Crippen molar-refractivity contribution in [2.45, 2.75) is 13.3 Å². The molecule has 2 aromatic carbocycles. The second kappa shape index (κ2) is 5.85. The molecule has 0 aliphatic heterocycles. The minimum absolute atomic E-state index is 0.0432. The summed E-state index contributed by atoms with van der Waals surface area (Å²) in [5.74, 6) is -0.496. The van der Waals surface area contributed by atoms with E-state index in [1.165, 1.54) is 6.07 Å². The van der Waals surface area contributed by atoms with E-state index in [1.807, 2.05) is 6.92 Å². The van der Waals surface area contributed by atoms with Crippen molar-refractivity contribution >= 4 is 33.3 Å². The Bertz CT molecular complexity index is 640. The Morgan fingerprint density at radius 1 is 1.26 bits per heavy atom. The Hall–Kier alpha value is -1.19. The molecule has 0 amide bonds. The molecule has 0 bridgehead atoms. The van der Waals surface area contributed by atoms with Crippen LogP contribution in [-0.4, -0.2) is 5.78 Å². The molecule has 98 valence electrons. The minimum Gasteiger partial charge on any atom is -0.294 e. The summed E-state index contributed by atoms with van der Waals surface area (Å²) in [5.41, 5.74) is 1.77. The molecule has 0 aliphatic rings. The summed E-state index contributed by atoms with van der Waals surface area (Å²) in [5, 5.41) is 0.587. The molecule has 0 atom stereocenters.